The van der Waals surface area contributed by atoms with Gasteiger partial charge in [-0.15, -0.1) is 24.0 Å². The molecule has 1 aliphatic heterocycles. The van der Waals surface area contributed by atoms with Crippen molar-refractivity contribution in [2.24, 2.45) is 10.7 Å². The van der Waals surface area contributed by atoms with Gasteiger partial charge in [-0.25, -0.2) is 9.38 Å². The minimum absolute atomic E-state index is 0. The summed E-state index contributed by atoms with van der Waals surface area (Å²) >= 11 is 6.08. The highest BCUT2D eigenvalue weighted by atomic mass is 127. The Morgan fingerprint density at radius 2 is 2.03 bits per heavy atom. The predicted molar refractivity (Wildman–Crippen MR) is 126 cm³/mol. The van der Waals surface area contributed by atoms with E-state index in [1.807, 2.05) is 11.0 Å². The first-order valence-corrected chi connectivity index (χ1v) is 9.46. The van der Waals surface area contributed by atoms with Crippen LogP contribution in [0.25, 0.3) is 0 Å². The van der Waals surface area contributed by atoms with Crippen LogP contribution in [0.2, 0.25) is 5.02 Å². The average molecular weight is 535 g/mol. The van der Waals surface area contributed by atoms with Crippen LogP contribution in [0.15, 0.2) is 41.4 Å². The standard InChI is InChI=1S/C20H24ClFN4O2.HI/c1-28-19-5-3-14(11-16(19)21)25-20(23)24-12-13-2-4-18(17(22)10-13)26-8-6-15(27)7-9-26;/h2-5,10-11,15,27H,6-9,12H2,1H3,(H3,23,24,25);1H. The normalized spacial score (nSPS) is 15.0. The van der Waals surface area contributed by atoms with Gasteiger partial charge in [0.1, 0.15) is 11.6 Å². The Morgan fingerprint density at radius 1 is 1.31 bits per heavy atom. The van der Waals surface area contributed by atoms with Crippen molar-refractivity contribution >= 4 is 52.9 Å². The number of anilines is 2. The quantitative estimate of drug-likeness (QED) is 0.307. The van der Waals surface area contributed by atoms with Crippen LogP contribution in [0.4, 0.5) is 15.8 Å². The summed E-state index contributed by atoms with van der Waals surface area (Å²) in [6, 6.07) is 10.3. The number of nitrogens with one attached hydrogen (secondary N) is 1. The van der Waals surface area contributed by atoms with E-state index in [2.05, 4.69) is 10.3 Å². The van der Waals surface area contributed by atoms with E-state index in [-0.39, 0.29) is 48.4 Å². The minimum Gasteiger partial charge on any atom is -0.495 e. The fraction of sp³-hybridized carbons (Fsp3) is 0.350. The molecule has 0 bridgehead atoms. The Labute approximate surface area is 191 Å². The Bertz CT molecular complexity index is 860. The molecule has 0 aromatic heterocycles. The topological polar surface area (TPSA) is 83.1 Å². The third kappa shape index (κ3) is 6.35. The van der Waals surface area contributed by atoms with Crippen molar-refractivity contribution in [2.45, 2.75) is 25.5 Å². The first kappa shape index (κ1) is 23.5. The zero-order chi connectivity index (χ0) is 20.1. The molecule has 0 radical (unpaired) electrons. The van der Waals surface area contributed by atoms with Crippen molar-refractivity contribution in [3.63, 3.8) is 0 Å². The van der Waals surface area contributed by atoms with Crippen molar-refractivity contribution < 1.29 is 14.2 Å². The Balaban J connectivity index is 0.00000300. The number of guanidine groups is 1. The summed E-state index contributed by atoms with van der Waals surface area (Å²) < 4.78 is 19.6. The number of nitrogens with two attached hydrogens (primary N) is 1. The van der Waals surface area contributed by atoms with Crippen LogP contribution in [0, 0.1) is 5.82 Å². The summed E-state index contributed by atoms with van der Waals surface area (Å²) in [5.41, 5.74) is 7.86. The number of rotatable bonds is 5. The van der Waals surface area contributed by atoms with Crippen molar-refractivity contribution in [1.82, 2.24) is 0 Å². The van der Waals surface area contributed by atoms with E-state index in [0.29, 0.717) is 48.1 Å². The Morgan fingerprint density at radius 3 is 2.66 bits per heavy atom. The number of aliphatic hydroxyl groups is 1. The number of methoxy groups -OCH3 is 1. The summed E-state index contributed by atoms with van der Waals surface area (Å²) in [7, 11) is 1.54. The number of benzene rings is 2. The van der Waals surface area contributed by atoms with Gasteiger partial charge in [-0.05, 0) is 48.7 Å². The molecule has 1 saturated heterocycles. The summed E-state index contributed by atoms with van der Waals surface area (Å²) in [5.74, 6) is 0.481. The predicted octanol–water partition coefficient (Wildman–Crippen LogP) is 3.99. The van der Waals surface area contributed by atoms with Crippen LogP contribution >= 0.6 is 35.6 Å². The van der Waals surface area contributed by atoms with Gasteiger partial charge in [0.15, 0.2) is 5.96 Å². The highest BCUT2D eigenvalue weighted by Gasteiger charge is 2.19. The molecule has 1 heterocycles. The fourth-order valence-electron chi connectivity index (χ4n) is 3.12. The molecule has 0 spiro atoms. The molecular formula is C20H25ClFIN4O2. The number of aliphatic hydroxyl groups excluding tert-OH is 1. The van der Waals surface area contributed by atoms with E-state index in [1.54, 1.807) is 31.4 Å². The maximum Gasteiger partial charge on any atom is 0.193 e. The number of piperidine rings is 1. The van der Waals surface area contributed by atoms with E-state index in [0.717, 1.165) is 5.56 Å². The van der Waals surface area contributed by atoms with Crippen LogP contribution in [0.1, 0.15) is 18.4 Å². The molecule has 1 aliphatic rings. The highest BCUT2D eigenvalue weighted by molar-refractivity contribution is 14.0. The van der Waals surface area contributed by atoms with Gasteiger partial charge in [-0.3, -0.25) is 0 Å². The number of halogens is 3. The minimum atomic E-state index is -0.294. The van der Waals surface area contributed by atoms with E-state index in [9.17, 15) is 9.50 Å². The molecule has 4 N–H and O–H groups in total. The van der Waals surface area contributed by atoms with E-state index in [1.165, 1.54) is 6.07 Å². The zero-order valence-electron chi connectivity index (χ0n) is 16.1. The van der Waals surface area contributed by atoms with Crippen LogP contribution < -0.4 is 20.7 Å². The van der Waals surface area contributed by atoms with Crippen molar-refractivity contribution in [2.75, 3.05) is 30.4 Å². The van der Waals surface area contributed by atoms with Gasteiger partial charge >= 0.3 is 0 Å². The third-order valence-electron chi connectivity index (χ3n) is 4.67. The largest absolute Gasteiger partial charge is 0.495 e. The van der Waals surface area contributed by atoms with E-state index in [4.69, 9.17) is 22.1 Å². The third-order valence-corrected chi connectivity index (χ3v) is 4.97. The first-order chi connectivity index (χ1) is 13.5. The van der Waals surface area contributed by atoms with Gasteiger partial charge in [0, 0.05) is 18.8 Å². The molecule has 9 heteroatoms. The molecule has 158 valence electrons. The molecule has 0 unspecified atom stereocenters. The molecule has 2 aromatic rings. The summed E-state index contributed by atoms with van der Waals surface area (Å²) in [4.78, 5) is 6.21. The lowest BCUT2D eigenvalue weighted by molar-refractivity contribution is 0.145. The second-order valence-corrected chi connectivity index (χ2v) is 7.09. The molecule has 29 heavy (non-hydrogen) atoms. The lowest BCUT2D eigenvalue weighted by Gasteiger charge is -2.31. The van der Waals surface area contributed by atoms with Gasteiger partial charge in [0.05, 0.1) is 30.5 Å². The van der Waals surface area contributed by atoms with Crippen LogP contribution in [0.5, 0.6) is 5.75 Å². The van der Waals surface area contributed by atoms with Gasteiger partial charge in [-0.2, -0.15) is 0 Å². The second-order valence-electron chi connectivity index (χ2n) is 6.68. The molecule has 0 saturated carbocycles. The average Bonchev–Trinajstić information content (AvgIpc) is 2.67. The van der Waals surface area contributed by atoms with E-state index < -0.39 is 0 Å². The lowest BCUT2D eigenvalue weighted by atomic mass is 10.1. The first-order valence-electron chi connectivity index (χ1n) is 9.08. The number of nitrogens with zero attached hydrogens (tertiary/aromatic N) is 2. The van der Waals surface area contributed by atoms with Gasteiger partial charge in [-0.1, -0.05) is 17.7 Å². The monoisotopic (exact) mass is 534 g/mol. The van der Waals surface area contributed by atoms with Crippen molar-refractivity contribution in [3.8, 4) is 5.75 Å². The molecule has 6 nitrogen and oxygen atoms in total. The van der Waals surface area contributed by atoms with Gasteiger partial charge < -0.3 is 25.8 Å². The smallest absolute Gasteiger partial charge is 0.193 e. The van der Waals surface area contributed by atoms with Crippen LogP contribution in [-0.2, 0) is 6.54 Å². The molecule has 0 aliphatic carbocycles. The number of aliphatic imine (C=N–C) groups is 1. The SMILES string of the molecule is COc1ccc(NC(N)=NCc2ccc(N3CCC(O)CC3)c(F)c2)cc1Cl.I. The maximum atomic E-state index is 14.5. The Hall–Kier alpha value is -1.78. The molecule has 3 rings (SSSR count). The summed E-state index contributed by atoms with van der Waals surface area (Å²) in [6.45, 7) is 1.55. The molecule has 0 amide bonds. The zero-order valence-corrected chi connectivity index (χ0v) is 19.2. The van der Waals surface area contributed by atoms with Gasteiger partial charge in [0.25, 0.3) is 0 Å². The van der Waals surface area contributed by atoms with Crippen molar-refractivity contribution in [3.05, 3.63) is 52.8 Å². The molecule has 0 atom stereocenters. The van der Waals surface area contributed by atoms with Crippen LogP contribution in [-0.4, -0.2) is 37.4 Å². The molecule has 1 fully saturated rings. The Kier molecular flexibility index (Phi) is 8.79. The van der Waals surface area contributed by atoms with Gasteiger partial charge in [0.2, 0.25) is 0 Å². The number of ether oxygens (including phenoxy) is 1. The summed E-state index contributed by atoms with van der Waals surface area (Å²) in [5, 5.41) is 13.0. The molecule has 2 aromatic carbocycles. The molecular weight excluding hydrogens is 510 g/mol. The lowest BCUT2D eigenvalue weighted by Crippen LogP contribution is -2.36. The second kappa shape index (κ2) is 10.8. The fourth-order valence-corrected chi connectivity index (χ4v) is 3.38. The number of hydrogen-bond acceptors (Lipinski definition) is 4. The highest BCUT2D eigenvalue weighted by Crippen LogP contribution is 2.27. The summed E-state index contributed by atoms with van der Waals surface area (Å²) in [6.07, 6.45) is 1.02. The van der Waals surface area contributed by atoms with E-state index >= 15 is 0 Å². The van der Waals surface area contributed by atoms with Crippen molar-refractivity contribution in [1.29, 1.82) is 0 Å². The maximum absolute atomic E-state index is 14.5. The van der Waals surface area contributed by atoms with Crippen LogP contribution in [0.3, 0.4) is 0 Å². The number of hydrogen-bond donors (Lipinski definition) is 3.